The number of nitrogens with zero attached hydrogens (tertiary/aromatic N) is 2. The lowest BCUT2D eigenvalue weighted by Gasteiger charge is -2.09. The van der Waals surface area contributed by atoms with Gasteiger partial charge >= 0.3 is 0 Å². The first-order chi connectivity index (χ1) is 8.54. The zero-order chi connectivity index (χ0) is 13.1. The molecule has 3 nitrogen and oxygen atoms in total. The van der Waals surface area contributed by atoms with E-state index in [2.05, 4.69) is 9.97 Å². The summed E-state index contributed by atoms with van der Waals surface area (Å²) in [6.07, 6.45) is 0.167. The molecule has 2 aromatic rings. The third kappa shape index (κ3) is 3.20. The maximum atomic E-state index is 5.92. The van der Waals surface area contributed by atoms with Gasteiger partial charge in [0, 0.05) is 11.3 Å². The Morgan fingerprint density at radius 1 is 1.11 bits per heavy atom. The summed E-state index contributed by atoms with van der Waals surface area (Å²) in [6.45, 7) is 5.89. The lowest BCUT2D eigenvalue weighted by Crippen LogP contribution is -2.05. The fourth-order valence-electron chi connectivity index (χ4n) is 1.61. The van der Waals surface area contributed by atoms with Crippen molar-refractivity contribution in [1.29, 1.82) is 0 Å². The highest BCUT2D eigenvalue weighted by atomic mass is 35.5. The monoisotopic (exact) mass is 262 g/mol. The van der Waals surface area contributed by atoms with Crippen LogP contribution in [0.1, 0.15) is 19.5 Å². The molecule has 1 aromatic carbocycles. The molecule has 0 atom stereocenters. The van der Waals surface area contributed by atoms with Gasteiger partial charge in [-0.2, -0.15) is 0 Å². The lowest BCUT2D eigenvalue weighted by molar-refractivity contribution is 0.242. The number of rotatable bonds is 3. The van der Waals surface area contributed by atoms with Gasteiger partial charge in [0.05, 0.1) is 6.10 Å². The maximum Gasteiger partial charge on any atom is 0.161 e. The van der Waals surface area contributed by atoms with Gasteiger partial charge in [0.1, 0.15) is 10.9 Å². The van der Waals surface area contributed by atoms with Gasteiger partial charge in [-0.25, -0.2) is 9.97 Å². The second-order valence-electron chi connectivity index (χ2n) is 4.35. The summed E-state index contributed by atoms with van der Waals surface area (Å²) in [7, 11) is 0. The molecular weight excluding hydrogens is 248 g/mol. The zero-order valence-corrected chi connectivity index (χ0v) is 11.4. The molecule has 0 aliphatic carbocycles. The standard InChI is InChI=1S/C14H15ClN2O/c1-9(2)18-12-6-4-11(5-7-12)14-16-10(3)8-13(15)17-14/h4-9H,1-3H3. The fourth-order valence-corrected chi connectivity index (χ4v) is 1.85. The summed E-state index contributed by atoms with van der Waals surface area (Å²) in [5.41, 5.74) is 1.78. The van der Waals surface area contributed by atoms with Crippen molar-refractivity contribution in [3.8, 4) is 17.1 Å². The first-order valence-corrected chi connectivity index (χ1v) is 6.20. The molecule has 1 heterocycles. The number of aromatic nitrogens is 2. The van der Waals surface area contributed by atoms with Crippen molar-refractivity contribution in [3.05, 3.63) is 41.2 Å². The quantitative estimate of drug-likeness (QED) is 0.787. The van der Waals surface area contributed by atoms with Gasteiger partial charge in [-0.3, -0.25) is 0 Å². The molecule has 0 radical (unpaired) electrons. The Morgan fingerprint density at radius 2 is 1.78 bits per heavy atom. The molecule has 0 fully saturated rings. The average Bonchev–Trinajstić information content (AvgIpc) is 2.27. The highest BCUT2D eigenvalue weighted by Gasteiger charge is 2.05. The normalized spacial score (nSPS) is 10.7. The predicted octanol–water partition coefficient (Wildman–Crippen LogP) is 3.89. The van der Waals surface area contributed by atoms with Gasteiger partial charge in [-0.1, -0.05) is 11.6 Å². The highest BCUT2D eigenvalue weighted by Crippen LogP contribution is 2.21. The number of hydrogen-bond donors (Lipinski definition) is 0. The molecule has 0 N–H and O–H groups in total. The summed E-state index contributed by atoms with van der Waals surface area (Å²) in [4.78, 5) is 8.57. The van der Waals surface area contributed by atoms with Gasteiger partial charge < -0.3 is 4.74 Å². The van der Waals surface area contributed by atoms with Gasteiger partial charge in [-0.15, -0.1) is 0 Å². The SMILES string of the molecule is Cc1cc(Cl)nc(-c2ccc(OC(C)C)cc2)n1. The van der Waals surface area contributed by atoms with Gasteiger partial charge in [0.2, 0.25) is 0 Å². The second kappa shape index (κ2) is 5.36. The topological polar surface area (TPSA) is 35.0 Å². The molecule has 0 bridgehead atoms. The number of benzene rings is 1. The Labute approximate surface area is 112 Å². The molecule has 4 heteroatoms. The van der Waals surface area contributed by atoms with Crippen LogP contribution in [0.25, 0.3) is 11.4 Å². The van der Waals surface area contributed by atoms with E-state index in [9.17, 15) is 0 Å². The average molecular weight is 263 g/mol. The summed E-state index contributed by atoms with van der Waals surface area (Å²) in [5, 5.41) is 0.458. The van der Waals surface area contributed by atoms with Crippen molar-refractivity contribution in [2.24, 2.45) is 0 Å². The van der Waals surface area contributed by atoms with E-state index in [0.717, 1.165) is 17.0 Å². The Kier molecular flexibility index (Phi) is 3.82. The van der Waals surface area contributed by atoms with E-state index in [4.69, 9.17) is 16.3 Å². The predicted molar refractivity (Wildman–Crippen MR) is 73.0 cm³/mol. The van der Waals surface area contributed by atoms with Crippen molar-refractivity contribution in [2.75, 3.05) is 0 Å². The van der Waals surface area contributed by atoms with Crippen LogP contribution in [0, 0.1) is 6.92 Å². The minimum absolute atomic E-state index is 0.167. The number of halogens is 1. The zero-order valence-electron chi connectivity index (χ0n) is 10.6. The molecule has 0 amide bonds. The van der Waals surface area contributed by atoms with Crippen LogP contribution in [0.15, 0.2) is 30.3 Å². The van der Waals surface area contributed by atoms with Gasteiger partial charge in [0.25, 0.3) is 0 Å². The van der Waals surface area contributed by atoms with Gasteiger partial charge in [-0.05, 0) is 51.1 Å². The lowest BCUT2D eigenvalue weighted by atomic mass is 10.2. The van der Waals surface area contributed by atoms with Crippen LogP contribution in [0.5, 0.6) is 5.75 Å². The molecule has 0 aliphatic heterocycles. The Morgan fingerprint density at radius 3 is 2.33 bits per heavy atom. The number of hydrogen-bond acceptors (Lipinski definition) is 3. The first-order valence-electron chi connectivity index (χ1n) is 5.83. The second-order valence-corrected chi connectivity index (χ2v) is 4.73. The van der Waals surface area contributed by atoms with Crippen molar-refractivity contribution in [1.82, 2.24) is 9.97 Å². The first kappa shape index (κ1) is 12.8. The van der Waals surface area contributed by atoms with Crippen LogP contribution < -0.4 is 4.74 Å². The Bertz CT molecular complexity index is 518. The van der Waals surface area contributed by atoms with Crippen LogP contribution >= 0.6 is 11.6 Å². The fraction of sp³-hybridized carbons (Fsp3) is 0.286. The van der Waals surface area contributed by atoms with Crippen molar-refractivity contribution < 1.29 is 4.74 Å². The van der Waals surface area contributed by atoms with Crippen molar-refractivity contribution in [3.63, 3.8) is 0 Å². The van der Waals surface area contributed by atoms with E-state index < -0.39 is 0 Å². The van der Waals surface area contributed by atoms with E-state index in [1.165, 1.54) is 0 Å². The van der Waals surface area contributed by atoms with Crippen LogP contribution in [0.3, 0.4) is 0 Å². The van der Waals surface area contributed by atoms with Gasteiger partial charge in [0.15, 0.2) is 5.82 Å². The number of ether oxygens (including phenoxy) is 1. The molecular formula is C14H15ClN2O. The molecule has 1 aromatic heterocycles. The van der Waals surface area contributed by atoms with E-state index in [0.29, 0.717) is 11.0 Å². The van der Waals surface area contributed by atoms with E-state index >= 15 is 0 Å². The smallest absolute Gasteiger partial charge is 0.161 e. The summed E-state index contributed by atoms with van der Waals surface area (Å²) >= 11 is 5.92. The third-order valence-electron chi connectivity index (χ3n) is 2.31. The van der Waals surface area contributed by atoms with Crippen LogP contribution in [0.2, 0.25) is 5.15 Å². The summed E-state index contributed by atoms with van der Waals surface area (Å²) < 4.78 is 5.59. The highest BCUT2D eigenvalue weighted by molar-refractivity contribution is 6.29. The molecule has 94 valence electrons. The molecule has 18 heavy (non-hydrogen) atoms. The minimum atomic E-state index is 0.167. The molecule has 0 aliphatic rings. The van der Waals surface area contributed by atoms with Crippen molar-refractivity contribution in [2.45, 2.75) is 26.9 Å². The molecule has 0 spiro atoms. The van der Waals surface area contributed by atoms with E-state index in [-0.39, 0.29) is 6.10 Å². The summed E-state index contributed by atoms with van der Waals surface area (Å²) in [5.74, 6) is 1.48. The Hall–Kier alpha value is -1.61. The number of aryl methyl sites for hydroxylation is 1. The van der Waals surface area contributed by atoms with Crippen LogP contribution in [-0.4, -0.2) is 16.1 Å². The molecule has 0 unspecified atom stereocenters. The molecule has 0 saturated heterocycles. The van der Waals surface area contributed by atoms with E-state index in [1.54, 1.807) is 6.07 Å². The third-order valence-corrected chi connectivity index (χ3v) is 2.50. The van der Waals surface area contributed by atoms with Crippen molar-refractivity contribution >= 4 is 11.6 Å². The molecule has 0 saturated carbocycles. The van der Waals surface area contributed by atoms with E-state index in [1.807, 2.05) is 45.0 Å². The largest absolute Gasteiger partial charge is 0.491 e. The maximum absolute atomic E-state index is 5.92. The Balaban J connectivity index is 2.28. The summed E-state index contributed by atoms with van der Waals surface area (Å²) in [6, 6.07) is 9.43. The van der Waals surface area contributed by atoms with Crippen LogP contribution in [0.4, 0.5) is 0 Å². The molecule has 2 rings (SSSR count). The van der Waals surface area contributed by atoms with Crippen LogP contribution in [-0.2, 0) is 0 Å². The minimum Gasteiger partial charge on any atom is -0.491 e.